The first kappa shape index (κ1) is 17.0. The maximum atomic E-state index is 11.2. The summed E-state index contributed by atoms with van der Waals surface area (Å²) in [5.74, 6) is 0. The summed E-state index contributed by atoms with van der Waals surface area (Å²) in [7, 11) is 1.99. The number of fused-ring (bicyclic) bond motifs is 1. The van der Waals surface area contributed by atoms with E-state index in [0.29, 0.717) is 0 Å². The van der Waals surface area contributed by atoms with Gasteiger partial charge in [0, 0.05) is 31.0 Å². The minimum absolute atomic E-state index is 0.0241. The van der Waals surface area contributed by atoms with Crippen molar-refractivity contribution in [1.82, 2.24) is 4.98 Å². The van der Waals surface area contributed by atoms with Gasteiger partial charge in [0.1, 0.15) is 6.29 Å². The first-order valence-electron chi connectivity index (χ1n) is 9.35. The molecule has 0 saturated carbocycles. The van der Waals surface area contributed by atoms with Crippen LogP contribution in [0.5, 0.6) is 0 Å². The van der Waals surface area contributed by atoms with E-state index in [9.17, 15) is 9.90 Å². The van der Waals surface area contributed by atoms with Crippen LogP contribution >= 0.6 is 0 Å². The second kappa shape index (κ2) is 7.08. The zero-order chi connectivity index (χ0) is 18.1. The van der Waals surface area contributed by atoms with E-state index in [1.807, 2.05) is 19.4 Å². The number of rotatable bonds is 4. The molecule has 26 heavy (non-hydrogen) atoms. The van der Waals surface area contributed by atoms with E-state index >= 15 is 0 Å². The topological polar surface area (TPSA) is 56.7 Å². The monoisotopic (exact) mass is 351 g/mol. The summed E-state index contributed by atoms with van der Waals surface area (Å²) in [6.07, 6.45) is 8.75. The van der Waals surface area contributed by atoms with Crippen LogP contribution in [0.3, 0.4) is 0 Å². The lowest BCUT2D eigenvalue weighted by Gasteiger charge is -2.33. The van der Waals surface area contributed by atoms with Gasteiger partial charge in [0.25, 0.3) is 0 Å². The highest BCUT2D eigenvalue weighted by Crippen LogP contribution is 2.34. The number of carbonyl (C=O) groups is 1. The van der Waals surface area contributed by atoms with Crippen molar-refractivity contribution in [2.24, 2.45) is 0 Å². The fraction of sp³-hybridized carbons (Fsp3) is 0.429. The standard InChI is InChI=1S/C21H25N3O2/c1-23-18(13-25)6-4-16-9-15(5-7-21(16)23)17-10-20(12-22-11-17)24-8-2-3-19(24)14-26/h5,7,9-13,18-19,26H,2-4,6,8,14H2,1H3/t18?,19-/m0/s1. The van der Waals surface area contributed by atoms with Crippen molar-refractivity contribution in [1.29, 1.82) is 0 Å². The molecular formula is C21H25N3O2. The lowest BCUT2D eigenvalue weighted by Crippen LogP contribution is -2.37. The van der Waals surface area contributed by atoms with Crippen LogP contribution in [0.15, 0.2) is 36.7 Å². The number of pyridine rings is 1. The summed E-state index contributed by atoms with van der Waals surface area (Å²) in [5.41, 5.74) is 5.74. The Hall–Kier alpha value is -2.40. The van der Waals surface area contributed by atoms with Crippen LogP contribution < -0.4 is 9.80 Å². The minimum Gasteiger partial charge on any atom is -0.394 e. The molecule has 4 rings (SSSR count). The molecule has 5 nitrogen and oxygen atoms in total. The van der Waals surface area contributed by atoms with E-state index in [1.165, 1.54) is 5.56 Å². The van der Waals surface area contributed by atoms with Gasteiger partial charge in [-0.15, -0.1) is 0 Å². The summed E-state index contributed by atoms with van der Waals surface area (Å²) >= 11 is 0. The third kappa shape index (κ3) is 2.97. The van der Waals surface area contributed by atoms with Crippen molar-refractivity contribution in [3.8, 4) is 11.1 Å². The van der Waals surface area contributed by atoms with Gasteiger partial charge in [-0.2, -0.15) is 0 Å². The Morgan fingerprint density at radius 2 is 2.12 bits per heavy atom. The van der Waals surface area contributed by atoms with Crippen molar-refractivity contribution in [2.75, 3.05) is 30.0 Å². The van der Waals surface area contributed by atoms with Crippen LogP contribution in [0.4, 0.5) is 11.4 Å². The molecule has 0 amide bonds. The van der Waals surface area contributed by atoms with Gasteiger partial charge in [-0.05, 0) is 55.0 Å². The molecule has 136 valence electrons. The minimum atomic E-state index is -0.0241. The Bertz CT molecular complexity index is 808. The number of aliphatic hydroxyl groups excluding tert-OH is 1. The molecule has 0 aliphatic carbocycles. The lowest BCUT2D eigenvalue weighted by atomic mass is 9.93. The third-order valence-electron chi connectivity index (χ3n) is 5.80. The van der Waals surface area contributed by atoms with E-state index in [-0.39, 0.29) is 18.7 Å². The van der Waals surface area contributed by atoms with E-state index in [0.717, 1.165) is 61.0 Å². The Kier molecular flexibility index (Phi) is 4.64. The number of aldehydes is 1. The highest BCUT2D eigenvalue weighted by Gasteiger charge is 2.25. The smallest absolute Gasteiger partial charge is 0.142 e. The second-order valence-electron chi connectivity index (χ2n) is 7.30. The lowest BCUT2D eigenvalue weighted by molar-refractivity contribution is -0.109. The van der Waals surface area contributed by atoms with Crippen LogP contribution in [0.2, 0.25) is 0 Å². The molecule has 1 saturated heterocycles. The van der Waals surface area contributed by atoms with Crippen molar-refractivity contribution >= 4 is 17.7 Å². The van der Waals surface area contributed by atoms with Gasteiger partial charge in [0.15, 0.2) is 0 Å². The van der Waals surface area contributed by atoms with E-state index in [4.69, 9.17) is 0 Å². The predicted molar refractivity (Wildman–Crippen MR) is 104 cm³/mol. The van der Waals surface area contributed by atoms with Crippen LogP contribution in [0, 0.1) is 0 Å². The van der Waals surface area contributed by atoms with Gasteiger partial charge in [0.05, 0.1) is 30.6 Å². The number of aryl methyl sites for hydroxylation is 1. The largest absolute Gasteiger partial charge is 0.394 e. The number of benzene rings is 1. The highest BCUT2D eigenvalue weighted by molar-refractivity contribution is 5.75. The summed E-state index contributed by atoms with van der Waals surface area (Å²) in [4.78, 5) is 20.0. The van der Waals surface area contributed by atoms with Crippen LogP contribution in [0.25, 0.3) is 11.1 Å². The van der Waals surface area contributed by atoms with Crippen molar-refractivity contribution in [3.05, 3.63) is 42.2 Å². The molecule has 1 aromatic carbocycles. The summed E-state index contributed by atoms with van der Waals surface area (Å²) < 4.78 is 0. The molecule has 3 heterocycles. The molecule has 0 bridgehead atoms. The van der Waals surface area contributed by atoms with Gasteiger partial charge in [0.2, 0.25) is 0 Å². The van der Waals surface area contributed by atoms with Crippen molar-refractivity contribution in [2.45, 2.75) is 37.8 Å². The maximum Gasteiger partial charge on any atom is 0.142 e. The molecule has 2 aliphatic rings. The number of nitrogens with zero attached hydrogens (tertiary/aromatic N) is 3. The molecule has 1 unspecified atom stereocenters. The molecular weight excluding hydrogens is 326 g/mol. The first-order chi connectivity index (χ1) is 12.7. The fourth-order valence-corrected chi connectivity index (χ4v) is 4.25. The van der Waals surface area contributed by atoms with Gasteiger partial charge < -0.3 is 19.7 Å². The number of aliphatic hydroxyl groups is 1. The van der Waals surface area contributed by atoms with Gasteiger partial charge in [-0.3, -0.25) is 4.98 Å². The predicted octanol–water partition coefficient (Wildman–Crippen LogP) is 2.66. The Morgan fingerprint density at radius 3 is 2.92 bits per heavy atom. The van der Waals surface area contributed by atoms with Gasteiger partial charge in [-0.1, -0.05) is 6.07 Å². The van der Waals surface area contributed by atoms with Gasteiger partial charge >= 0.3 is 0 Å². The quantitative estimate of drug-likeness (QED) is 0.859. The zero-order valence-corrected chi connectivity index (χ0v) is 15.1. The van der Waals surface area contributed by atoms with Crippen molar-refractivity contribution in [3.63, 3.8) is 0 Å². The highest BCUT2D eigenvalue weighted by atomic mass is 16.3. The number of hydrogen-bond donors (Lipinski definition) is 1. The normalized spacial score (nSPS) is 22.4. The molecule has 1 aromatic heterocycles. The van der Waals surface area contributed by atoms with E-state index in [2.05, 4.69) is 39.0 Å². The molecule has 2 atom stereocenters. The molecule has 2 aliphatic heterocycles. The second-order valence-corrected chi connectivity index (χ2v) is 7.30. The molecule has 1 fully saturated rings. The first-order valence-corrected chi connectivity index (χ1v) is 9.35. The van der Waals surface area contributed by atoms with Crippen molar-refractivity contribution < 1.29 is 9.90 Å². The number of carbonyl (C=O) groups excluding carboxylic acids is 1. The third-order valence-corrected chi connectivity index (χ3v) is 5.80. The maximum absolute atomic E-state index is 11.2. The molecule has 5 heteroatoms. The average Bonchev–Trinajstić information content (AvgIpc) is 3.17. The average molecular weight is 351 g/mol. The van der Waals surface area contributed by atoms with E-state index in [1.54, 1.807) is 0 Å². The summed E-state index contributed by atoms with van der Waals surface area (Å²) in [5, 5.41) is 9.59. The van der Waals surface area contributed by atoms with Crippen LogP contribution in [0.1, 0.15) is 24.8 Å². The number of anilines is 2. The SMILES string of the molecule is CN1c2ccc(-c3cncc(N4CCC[C@H]4CO)c3)cc2CCC1C=O. The molecule has 1 N–H and O–H groups in total. The Morgan fingerprint density at radius 1 is 1.23 bits per heavy atom. The Balaban J connectivity index is 1.65. The molecule has 2 aromatic rings. The Labute approximate surface area is 154 Å². The number of aromatic nitrogens is 1. The summed E-state index contributed by atoms with van der Waals surface area (Å²) in [6, 6.07) is 8.79. The number of hydrogen-bond acceptors (Lipinski definition) is 5. The fourth-order valence-electron chi connectivity index (χ4n) is 4.25. The zero-order valence-electron chi connectivity index (χ0n) is 15.1. The molecule has 0 radical (unpaired) electrons. The summed E-state index contributed by atoms with van der Waals surface area (Å²) in [6.45, 7) is 1.16. The van der Waals surface area contributed by atoms with E-state index < -0.39 is 0 Å². The van der Waals surface area contributed by atoms with Crippen LogP contribution in [-0.4, -0.2) is 48.7 Å². The molecule has 0 spiro atoms. The van der Waals surface area contributed by atoms with Crippen LogP contribution in [-0.2, 0) is 11.2 Å². The number of likely N-dealkylation sites (N-methyl/N-ethyl adjacent to an activating group) is 1. The van der Waals surface area contributed by atoms with Gasteiger partial charge in [-0.25, -0.2) is 0 Å².